The molecule has 3 heterocycles. The molecule has 4 rings (SSSR count). The van der Waals surface area contributed by atoms with E-state index in [2.05, 4.69) is 72.8 Å². The smallest absolute Gasteiger partial charge is 0.160 e. The van der Waals surface area contributed by atoms with Gasteiger partial charge >= 0.3 is 0 Å². The number of hydrogen-bond acceptors (Lipinski definition) is 5. The second-order valence-corrected chi connectivity index (χ2v) is 8.76. The number of aryl methyl sites for hydroxylation is 1. The van der Waals surface area contributed by atoms with Gasteiger partial charge in [-0.2, -0.15) is 0 Å². The standard InChI is InChI=1S/C22H28N4S/c1-5-25(6-2)17-10-11-18(15(3)13-17)21-20(19-9-7-8-12-23-19)24-22-26(21)14-16(4)27-22/h7-13,16,20-21H,5-6,14H2,1-4H3/t16-,20+,21-/m1/s1. The zero-order valence-corrected chi connectivity index (χ0v) is 17.4. The fraction of sp³-hybridized carbons (Fsp3) is 0.455. The molecule has 2 aliphatic rings. The molecular weight excluding hydrogens is 352 g/mol. The first-order valence-corrected chi connectivity index (χ1v) is 10.8. The summed E-state index contributed by atoms with van der Waals surface area (Å²) in [5.74, 6) is 0. The average Bonchev–Trinajstić information content (AvgIpc) is 3.20. The van der Waals surface area contributed by atoms with Crippen molar-refractivity contribution in [3.63, 3.8) is 0 Å². The van der Waals surface area contributed by atoms with Gasteiger partial charge in [0.15, 0.2) is 5.17 Å². The van der Waals surface area contributed by atoms with Crippen molar-refractivity contribution in [3.8, 4) is 0 Å². The minimum atomic E-state index is 0.0687. The third kappa shape index (κ3) is 3.33. The van der Waals surface area contributed by atoms with E-state index in [1.54, 1.807) is 0 Å². The summed E-state index contributed by atoms with van der Waals surface area (Å²) in [5.41, 5.74) is 5.07. The summed E-state index contributed by atoms with van der Waals surface area (Å²) in [5, 5.41) is 1.77. The maximum atomic E-state index is 5.09. The van der Waals surface area contributed by atoms with Gasteiger partial charge in [0.2, 0.25) is 0 Å². The fourth-order valence-corrected chi connectivity index (χ4v) is 5.32. The summed E-state index contributed by atoms with van der Waals surface area (Å²) < 4.78 is 0. The molecule has 4 nitrogen and oxygen atoms in total. The van der Waals surface area contributed by atoms with Crippen molar-refractivity contribution in [3.05, 3.63) is 59.4 Å². The van der Waals surface area contributed by atoms with Crippen LogP contribution in [0.5, 0.6) is 0 Å². The van der Waals surface area contributed by atoms with Crippen LogP contribution in [0.2, 0.25) is 0 Å². The summed E-state index contributed by atoms with van der Waals surface area (Å²) in [6, 6.07) is 13.4. The molecule has 0 radical (unpaired) electrons. The highest BCUT2D eigenvalue weighted by atomic mass is 32.2. The number of pyridine rings is 1. The largest absolute Gasteiger partial charge is 0.372 e. The number of aromatic nitrogens is 1. The van der Waals surface area contributed by atoms with Gasteiger partial charge in [0.1, 0.15) is 6.04 Å². The lowest BCUT2D eigenvalue weighted by Gasteiger charge is -2.30. The number of aliphatic imine (C=N–C) groups is 1. The Morgan fingerprint density at radius 3 is 2.67 bits per heavy atom. The number of nitrogens with zero attached hydrogens (tertiary/aromatic N) is 4. The van der Waals surface area contributed by atoms with Crippen LogP contribution in [0, 0.1) is 6.92 Å². The van der Waals surface area contributed by atoms with Gasteiger partial charge < -0.3 is 9.80 Å². The molecule has 1 fully saturated rings. The topological polar surface area (TPSA) is 31.7 Å². The van der Waals surface area contributed by atoms with Crippen LogP contribution in [0.4, 0.5) is 5.69 Å². The maximum Gasteiger partial charge on any atom is 0.160 e. The molecule has 3 atom stereocenters. The molecule has 0 N–H and O–H groups in total. The van der Waals surface area contributed by atoms with Crippen molar-refractivity contribution in [1.29, 1.82) is 0 Å². The summed E-state index contributed by atoms with van der Waals surface area (Å²) in [6.45, 7) is 12.1. The molecule has 0 spiro atoms. The van der Waals surface area contributed by atoms with Crippen LogP contribution in [-0.4, -0.2) is 39.9 Å². The van der Waals surface area contributed by atoms with E-state index in [-0.39, 0.29) is 12.1 Å². The number of benzene rings is 1. The Hall–Kier alpha value is -2.01. The van der Waals surface area contributed by atoms with Gasteiger partial charge in [-0.1, -0.05) is 30.8 Å². The van der Waals surface area contributed by atoms with E-state index in [0.717, 1.165) is 25.3 Å². The molecule has 142 valence electrons. The highest BCUT2D eigenvalue weighted by Crippen LogP contribution is 2.48. The van der Waals surface area contributed by atoms with Gasteiger partial charge in [0.05, 0.1) is 11.7 Å². The van der Waals surface area contributed by atoms with Gasteiger partial charge in [-0.15, -0.1) is 0 Å². The predicted molar refractivity (Wildman–Crippen MR) is 116 cm³/mol. The third-order valence-corrected chi connectivity index (χ3v) is 6.68. The summed E-state index contributed by atoms with van der Waals surface area (Å²) in [6.07, 6.45) is 1.88. The fourth-order valence-electron chi connectivity index (χ4n) is 4.23. The van der Waals surface area contributed by atoms with Crippen LogP contribution in [-0.2, 0) is 0 Å². The molecule has 1 aromatic heterocycles. The van der Waals surface area contributed by atoms with Gasteiger partial charge in [-0.05, 0) is 56.2 Å². The molecule has 1 aromatic carbocycles. The lowest BCUT2D eigenvalue weighted by atomic mass is 9.92. The van der Waals surface area contributed by atoms with Crippen LogP contribution in [0.25, 0.3) is 0 Å². The summed E-state index contributed by atoms with van der Waals surface area (Å²) in [7, 11) is 0. The second kappa shape index (κ2) is 7.55. The monoisotopic (exact) mass is 380 g/mol. The number of thioether (sulfide) groups is 1. The van der Waals surface area contributed by atoms with Crippen molar-refractivity contribution in [2.75, 3.05) is 24.5 Å². The molecule has 27 heavy (non-hydrogen) atoms. The maximum absolute atomic E-state index is 5.09. The van der Waals surface area contributed by atoms with E-state index in [0.29, 0.717) is 5.25 Å². The van der Waals surface area contributed by atoms with Crippen molar-refractivity contribution in [2.24, 2.45) is 4.99 Å². The zero-order valence-electron chi connectivity index (χ0n) is 16.6. The van der Waals surface area contributed by atoms with Crippen LogP contribution < -0.4 is 4.90 Å². The van der Waals surface area contributed by atoms with E-state index in [9.17, 15) is 0 Å². The predicted octanol–water partition coefficient (Wildman–Crippen LogP) is 4.83. The molecular formula is C22H28N4S. The number of fused-ring (bicyclic) bond motifs is 1. The van der Waals surface area contributed by atoms with E-state index < -0.39 is 0 Å². The van der Waals surface area contributed by atoms with Gasteiger partial charge in [0.25, 0.3) is 0 Å². The van der Waals surface area contributed by atoms with Gasteiger partial charge in [-0.3, -0.25) is 9.98 Å². The number of hydrogen-bond donors (Lipinski definition) is 0. The van der Waals surface area contributed by atoms with Crippen molar-refractivity contribution in [2.45, 2.75) is 45.0 Å². The number of amidine groups is 1. The Balaban J connectivity index is 1.74. The quantitative estimate of drug-likeness (QED) is 0.744. The Bertz CT molecular complexity index is 831. The zero-order chi connectivity index (χ0) is 19.0. The van der Waals surface area contributed by atoms with E-state index in [4.69, 9.17) is 4.99 Å². The van der Waals surface area contributed by atoms with Crippen molar-refractivity contribution in [1.82, 2.24) is 9.88 Å². The summed E-state index contributed by atoms with van der Waals surface area (Å²) in [4.78, 5) is 14.6. The molecule has 0 amide bonds. The number of anilines is 1. The molecule has 0 saturated carbocycles. The van der Waals surface area contributed by atoms with Gasteiger partial charge in [0, 0.05) is 36.8 Å². The van der Waals surface area contributed by atoms with E-state index >= 15 is 0 Å². The molecule has 2 aromatic rings. The van der Waals surface area contributed by atoms with Crippen LogP contribution in [0.15, 0.2) is 47.6 Å². The van der Waals surface area contributed by atoms with Crippen molar-refractivity contribution >= 4 is 22.6 Å². The second-order valence-electron chi connectivity index (χ2n) is 7.35. The Morgan fingerprint density at radius 1 is 1.19 bits per heavy atom. The first kappa shape index (κ1) is 18.4. The lowest BCUT2D eigenvalue weighted by Crippen LogP contribution is -2.29. The average molecular weight is 381 g/mol. The molecule has 0 unspecified atom stereocenters. The van der Waals surface area contributed by atoms with E-state index in [1.165, 1.54) is 22.0 Å². The number of rotatable bonds is 5. The van der Waals surface area contributed by atoms with Gasteiger partial charge in [-0.25, -0.2) is 0 Å². The third-order valence-electron chi connectivity index (χ3n) is 5.58. The van der Waals surface area contributed by atoms with Crippen LogP contribution in [0.3, 0.4) is 0 Å². The lowest BCUT2D eigenvalue weighted by molar-refractivity contribution is 0.320. The minimum absolute atomic E-state index is 0.0687. The molecule has 1 saturated heterocycles. The normalized spacial score (nSPS) is 24.1. The highest BCUT2D eigenvalue weighted by Gasteiger charge is 2.43. The molecule has 0 aliphatic carbocycles. The summed E-state index contributed by atoms with van der Waals surface area (Å²) >= 11 is 1.89. The molecule has 0 bridgehead atoms. The highest BCUT2D eigenvalue weighted by molar-refractivity contribution is 8.14. The molecule has 5 heteroatoms. The Morgan fingerprint density at radius 2 is 2.00 bits per heavy atom. The SMILES string of the molecule is CCN(CC)c1ccc([C@@H]2[C@H](c3ccccn3)N=C3S[C@H](C)CN32)c(C)c1. The van der Waals surface area contributed by atoms with E-state index in [1.807, 2.05) is 24.0 Å². The molecule has 2 aliphatic heterocycles. The van der Waals surface area contributed by atoms with Crippen molar-refractivity contribution < 1.29 is 0 Å². The van der Waals surface area contributed by atoms with Crippen LogP contribution >= 0.6 is 11.8 Å². The van der Waals surface area contributed by atoms with Crippen LogP contribution in [0.1, 0.15) is 49.7 Å². The Kier molecular flexibility index (Phi) is 5.13. The minimum Gasteiger partial charge on any atom is -0.372 e. The Labute approximate surface area is 166 Å². The first-order chi connectivity index (χ1) is 13.1. The first-order valence-electron chi connectivity index (χ1n) is 9.89.